The molecule has 3 heterocycles. The number of rotatable bonds is 3. The number of hydrogen-bond acceptors (Lipinski definition) is 6. The van der Waals surface area contributed by atoms with Crippen LogP contribution >= 0.6 is 12.4 Å². The Balaban J connectivity index is 0.00000210. The fourth-order valence-electron chi connectivity index (χ4n) is 3.62. The summed E-state index contributed by atoms with van der Waals surface area (Å²) in [5.74, 6) is 0.127. The molecule has 0 aliphatic carbocycles. The van der Waals surface area contributed by atoms with Crippen molar-refractivity contribution in [3.05, 3.63) is 36.2 Å². The van der Waals surface area contributed by atoms with Crippen molar-refractivity contribution < 1.29 is 9.59 Å². The lowest BCUT2D eigenvalue weighted by atomic mass is 10.0. The summed E-state index contributed by atoms with van der Waals surface area (Å²) in [5, 5.41) is 14.1. The summed E-state index contributed by atoms with van der Waals surface area (Å²) in [6.07, 6.45) is 3.38. The van der Waals surface area contributed by atoms with Gasteiger partial charge in [0.2, 0.25) is 5.91 Å². The van der Waals surface area contributed by atoms with Gasteiger partial charge in [-0.05, 0) is 47.5 Å². The number of halogens is 1. The normalized spacial score (nSPS) is 20.3. The monoisotopic (exact) mass is 391 g/mol. The topological polar surface area (TPSA) is 96.2 Å². The number of piperidine rings is 1. The number of tetrazole rings is 1. The van der Waals surface area contributed by atoms with Gasteiger partial charge in [-0.3, -0.25) is 9.59 Å². The van der Waals surface area contributed by atoms with E-state index in [9.17, 15) is 9.59 Å². The summed E-state index contributed by atoms with van der Waals surface area (Å²) >= 11 is 0. The van der Waals surface area contributed by atoms with Gasteiger partial charge in [0, 0.05) is 37.8 Å². The van der Waals surface area contributed by atoms with Crippen molar-refractivity contribution in [1.29, 1.82) is 0 Å². The quantitative estimate of drug-likeness (QED) is 0.798. The summed E-state index contributed by atoms with van der Waals surface area (Å²) in [5.41, 5.74) is 1.43. The fourth-order valence-corrected chi connectivity index (χ4v) is 3.62. The predicted octanol–water partition coefficient (Wildman–Crippen LogP) is 0.121. The average Bonchev–Trinajstić information content (AvgIpc) is 3.23. The van der Waals surface area contributed by atoms with Crippen LogP contribution in [0.2, 0.25) is 0 Å². The molecule has 2 saturated heterocycles. The molecule has 4 rings (SSSR count). The molecule has 1 N–H and O–H groups in total. The lowest BCUT2D eigenvalue weighted by Crippen LogP contribution is -2.57. The molecule has 27 heavy (non-hydrogen) atoms. The van der Waals surface area contributed by atoms with Crippen LogP contribution in [0.1, 0.15) is 23.2 Å². The maximum absolute atomic E-state index is 12.9. The van der Waals surface area contributed by atoms with Crippen molar-refractivity contribution >= 4 is 24.2 Å². The maximum Gasteiger partial charge on any atom is 0.253 e. The largest absolute Gasteiger partial charge is 0.337 e. The summed E-state index contributed by atoms with van der Waals surface area (Å²) in [6.45, 7) is 3.24. The van der Waals surface area contributed by atoms with Crippen LogP contribution in [-0.2, 0) is 4.79 Å². The van der Waals surface area contributed by atoms with Crippen molar-refractivity contribution in [2.45, 2.75) is 18.9 Å². The van der Waals surface area contributed by atoms with Crippen LogP contribution in [0.4, 0.5) is 0 Å². The Morgan fingerprint density at radius 3 is 2.70 bits per heavy atom. The van der Waals surface area contributed by atoms with E-state index in [0.29, 0.717) is 25.2 Å². The lowest BCUT2D eigenvalue weighted by molar-refractivity contribution is -0.135. The summed E-state index contributed by atoms with van der Waals surface area (Å²) < 4.78 is 1.54. The van der Waals surface area contributed by atoms with Crippen LogP contribution in [0, 0.1) is 0 Å². The minimum atomic E-state index is 0. The molecule has 2 amide bonds. The van der Waals surface area contributed by atoms with Gasteiger partial charge < -0.3 is 15.1 Å². The van der Waals surface area contributed by atoms with Gasteiger partial charge in [0.25, 0.3) is 5.91 Å². The molecule has 2 aliphatic heterocycles. The zero-order chi connectivity index (χ0) is 17.9. The molecule has 2 fully saturated rings. The van der Waals surface area contributed by atoms with Crippen LogP contribution in [0.15, 0.2) is 30.6 Å². The zero-order valence-corrected chi connectivity index (χ0v) is 15.6. The molecule has 9 nitrogen and oxygen atoms in total. The van der Waals surface area contributed by atoms with E-state index in [-0.39, 0.29) is 30.3 Å². The van der Waals surface area contributed by atoms with Gasteiger partial charge in [0.05, 0.1) is 12.2 Å². The van der Waals surface area contributed by atoms with E-state index >= 15 is 0 Å². The number of nitrogens with zero attached hydrogens (tertiary/aromatic N) is 6. The molecular weight excluding hydrogens is 370 g/mol. The van der Waals surface area contributed by atoms with Gasteiger partial charge in [-0.1, -0.05) is 0 Å². The highest BCUT2D eigenvalue weighted by Gasteiger charge is 2.31. The van der Waals surface area contributed by atoms with Gasteiger partial charge in [0.15, 0.2) is 0 Å². The molecule has 1 aromatic heterocycles. The highest BCUT2D eigenvalue weighted by atomic mass is 35.5. The van der Waals surface area contributed by atoms with Crippen molar-refractivity contribution in [3.8, 4) is 5.69 Å². The predicted molar refractivity (Wildman–Crippen MR) is 99.9 cm³/mol. The third-order valence-electron chi connectivity index (χ3n) is 4.98. The number of likely N-dealkylation sites (tertiary alicyclic amines) is 1. The molecule has 1 atom stereocenters. The third-order valence-corrected chi connectivity index (χ3v) is 4.98. The molecule has 1 aromatic carbocycles. The second kappa shape index (κ2) is 8.45. The van der Waals surface area contributed by atoms with Crippen molar-refractivity contribution in [2.75, 3.05) is 32.7 Å². The minimum absolute atomic E-state index is 0. The van der Waals surface area contributed by atoms with Crippen molar-refractivity contribution in [1.82, 2.24) is 35.3 Å². The average molecular weight is 392 g/mol. The second-order valence-corrected chi connectivity index (χ2v) is 6.61. The number of carbonyl (C=O) groups excluding carboxylic acids is 2. The Bertz CT molecular complexity index is 781. The van der Waals surface area contributed by atoms with E-state index in [1.165, 1.54) is 6.33 Å². The smallest absolute Gasteiger partial charge is 0.253 e. The van der Waals surface area contributed by atoms with Gasteiger partial charge >= 0.3 is 0 Å². The number of amides is 2. The lowest BCUT2D eigenvalue weighted by Gasteiger charge is -2.41. The number of piperazine rings is 1. The Kier molecular flexibility index (Phi) is 6.02. The highest BCUT2D eigenvalue weighted by Crippen LogP contribution is 2.19. The van der Waals surface area contributed by atoms with E-state index in [0.717, 1.165) is 31.6 Å². The van der Waals surface area contributed by atoms with Gasteiger partial charge in [-0.25, -0.2) is 4.68 Å². The van der Waals surface area contributed by atoms with Crippen LogP contribution in [0.3, 0.4) is 0 Å². The molecule has 1 unspecified atom stereocenters. The summed E-state index contributed by atoms with van der Waals surface area (Å²) in [4.78, 5) is 28.8. The molecule has 2 aromatic rings. The fraction of sp³-hybridized carbons (Fsp3) is 0.471. The Hall–Kier alpha value is -2.52. The van der Waals surface area contributed by atoms with E-state index in [4.69, 9.17) is 0 Å². The first-order valence-electron chi connectivity index (χ1n) is 8.85. The van der Waals surface area contributed by atoms with E-state index in [2.05, 4.69) is 20.8 Å². The molecular formula is C17H22ClN7O2. The summed E-state index contributed by atoms with van der Waals surface area (Å²) in [7, 11) is 0. The van der Waals surface area contributed by atoms with Gasteiger partial charge in [0.1, 0.15) is 6.33 Å². The second-order valence-electron chi connectivity index (χ2n) is 6.61. The number of hydrogen-bond donors (Lipinski definition) is 1. The SMILES string of the molecule is Cl.O=C(c1ccc(-n2cnnn2)cc1)N1CCCC(N2CCNCC2=O)C1. The first-order chi connectivity index (χ1) is 12.7. The maximum atomic E-state index is 12.9. The first kappa shape index (κ1) is 19.2. The molecule has 2 aliphatic rings. The first-order valence-corrected chi connectivity index (χ1v) is 8.85. The molecule has 144 valence electrons. The van der Waals surface area contributed by atoms with Crippen LogP contribution in [0.25, 0.3) is 5.69 Å². The van der Waals surface area contributed by atoms with Crippen LogP contribution in [-0.4, -0.2) is 80.6 Å². The van der Waals surface area contributed by atoms with Crippen LogP contribution < -0.4 is 5.32 Å². The number of aromatic nitrogens is 4. The number of nitrogens with one attached hydrogen (secondary N) is 1. The van der Waals surface area contributed by atoms with Gasteiger partial charge in [-0.2, -0.15) is 0 Å². The molecule has 10 heteroatoms. The zero-order valence-electron chi connectivity index (χ0n) is 14.8. The summed E-state index contributed by atoms with van der Waals surface area (Å²) in [6, 6.07) is 7.34. The van der Waals surface area contributed by atoms with Gasteiger partial charge in [-0.15, -0.1) is 17.5 Å². The Morgan fingerprint density at radius 2 is 2.00 bits per heavy atom. The Morgan fingerprint density at radius 1 is 1.19 bits per heavy atom. The molecule has 0 bridgehead atoms. The number of benzene rings is 1. The van der Waals surface area contributed by atoms with E-state index in [1.807, 2.05) is 21.9 Å². The molecule has 0 saturated carbocycles. The third kappa shape index (κ3) is 4.09. The van der Waals surface area contributed by atoms with E-state index in [1.54, 1.807) is 16.8 Å². The Labute approximate surface area is 163 Å². The van der Waals surface area contributed by atoms with Crippen LogP contribution in [0.5, 0.6) is 0 Å². The van der Waals surface area contributed by atoms with Crippen molar-refractivity contribution in [2.24, 2.45) is 0 Å². The van der Waals surface area contributed by atoms with E-state index < -0.39 is 0 Å². The number of carbonyl (C=O) groups is 2. The molecule has 0 radical (unpaired) electrons. The standard InChI is InChI=1S/C17H21N7O2.ClH/c25-16-10-18-7-9-23(16)15-2-1-8-22(11-15)17(26)13-3-5-14(6-4-13)24-12-19-20-21-24;/h3-6,12,15,18H,1-2,7-11H2;1H. The molecule has 0 spiro atoms. The minimum Gasteiger partial charge on any atom is -0.337 e. The highest BCUT2D eigenvalue weighted by molar-refractivity contribution is 5.94. The van der Waals surface area contributed by atoms with Crippen molar-refractivity contribution in [3.63, 3.8) is 0 Å².